The third-order valence-corrected chi connectivity index (χ3v) is 3.28. The minimum Gasteiger partial charge on any atom is -0.381 e. The van der Waals surface area contributed by atoms with Crippen molar-refractivity contribution in [1.82, 2.24) is 5.32 Å². The molecule has 0 radical (unpaired) electrons. The monoisotopic (exact) mass is 177 g/mol. The molecule has 1 aliphatic carbocycles. The second-order valence-electron chi connectivity index (χ2n) is 3.73. The van der Waals surface area contributed by atoms with Crippen molar-refractivity contribution in [2.75, 3.05) is 13.7 Å². The van der Waals surface area contributed by atoms with E-state index in [4.69, 9.17) is 4.74 Å². The highest BCUT2D eigenvalue weighted by molar-refractivity contribution is 5.85. The van der Waals surface area contributed by atoms with E-state index >= 15 is 0 Å². The van der Waals surface area contributed by atoms with Crippen molar-refractivity contribution in [2.45, 2.75) is 31.9 Å². The first-order valence-corrected chi connectivity index (χ1v) is 4.03. The van der Waals surface area contributed by atoms with Crippen LogP contribution in [0, 0.1) is 5.41 Å². The fraction of sp³-hybridized carbons (Fsp3) is 1.00. The zero-order valence-electron chi connectivity index (χ0n) is 7.09. The van der Waals surface area contributed by atoms with Crippen molar-refractivity contribution in [3.8, 4) is 0 Å². The van der Waals surface area contributed by atoms with Crippen LogP contribution in [-0.2, 0) is 4.74 Å². The Hall–Kier alpha value is 0.210. The summed E-state index contributed by atoms with van der Waals surface area (Å²) in [6.07, 6.45) is 3.11. The molecule has 2 aliphatic rings. The lowest BCUT2D eigenvalue weighted by Crippen LogP contribution is -2.67. The van der Waals surface area contributed by atoms with Gasteiger partial charge in [0.15, 0.2) is 0 Å². The van der Waals surface area contributed by atoms with Crippen LogP contribution < -0.4 is 5.32 Å². The lowest BCUT2D eigenvalue weighted by molar-refractivity contribution is -0.110. The van der Waals surface area contributed by atoms with E-state index < -0.39 is 0 Å². The quantitative estimate of drug-likeness (QED) is 0.650. The van der Waals surface area contributed by atoms with Crippen LogP contribution in [0.15, 0.2) is 0 Å². The predicted octanol–water partition coefficient (Wildman–Crippen LogP) is 1.20. The summed E-state index contributed by atoms with van der Waals surface area (Å²) in [6.45, 7) is 3.49. The maximum Gasteiger partial charge on any atom is 0.0584 e. The highest BCUT2D eigenvalue weighted by Crippen LogP contribution is 2.49. The highest BCUT2D eigenvalue weighted by Gasteiger charge is 2.53. The molecule has 1 unspecified atom stereocenters. The summed E-state index contributed by atoms with van der Waals surface area (Å²) >= 11 is 0. The fourth-order valence-corrected chi connectivity index (χ4v) is 2.11. The molecular weight excluding hydrogens is 162 g/mol. The fourth-order valence-electron chi connectivity index (χ4n) is 2.11. The molecule has 0 bridgehead atoms. The summed E-state index contributed by atoms with van der Waals surface area (Å²) in [5.41, 5.74) is 0.640. The SMILES string of the molecule is COC1CC2(CNC2C)C1.Cl. The second kappa shape index (κ2) is 2.92. The van der Waals surface area contributed by atoms with Gasteiger partial charge in [-0.15, -0.1) is 12.4 Å². The summed E-state index contributed by atoms with van der Waals surface area (Å²) in [7, 11) is 1.81. The van der Waals surface area contributed by atoms with Crippen LogP contribution in [0.2, 0.25) is 0 Å². The van der Waals surface area contributed by atoms with E-state index in [2.05, 4.69) is 12.2 Å². The average Bonchev–Trinajstić information content (AvgIpc) is 1.83. The molecule has 2 fully saturated rings. The molecule has 1 aliphatic heterocycles. The van der Waals surface area contributed by atoms with E-state index in [9.17, 15) is 0 Å². The molecule has 1 saturated carbocycles. The Labute approximate surface area is 74.1 Å². The molecule has 1 N–H and O–H groups in total. The molecule has 1 atom stereocenters. The van der Waals surface area contributed by atoms with Gasteiger partial charge in [0.25, 0.3) is 0 Å². The largest absolute Gasteiger partial charge is 0.381 e. The zero-order chi connectivity index (χ0) is 7.19. The summed E-state index contributed by atoms with van der Waals surface area (Å²) in [6, 6.07) is 0.735. The molecule has 2 nitrogen and oxygen atoms in total. The third kappa shape index (κ3) is 1.17. The number of rotatable bonds is 1. The van der Waals surface area contributed by atoms with Gasteiger partial charge < -0.3 is 10.1 Å². The van der Waals surface area contributed by atoms with Gasteiger partial charge in [-0.05, 0) is 19.8 Å². The van der Waals surface area contributed by atoms with Crippen LogP contribution in [0.3, 0.4) is 0 Å². The number of halogens is 1. The summed E-state index contributed by atoms with van der Waals surface area (Å²) in [5, 5.41) is 3.39. The minimum absolute atomic E-state index is 0. The Balaban J connectivity index is 0.000000605. The van der Waals surface area contributed by atoms with Crippen molar-refractivity contribution in [1.29, 1.82) is 0 Å². The Morgan fingerprint density at radius 1 is 1.45 bits per heavy atom. The lowest BCUT2D eigenvalue weighted by Gasteiger charge is -2.58. The molecule has 0 aromatic rings. The number of hydrogen-bond acceptors (Lipinski definition) is 2. The number of methoxy groups -OCH3 is 1. The van der Waals surface area contributed by atoms with E-state index in [0.717, 1.165) is 6.04 Å². The third-order valence-electron chi connectivity index (χ3n) is 3.28. The van der Waals surface area contributed by atoms with Gasteiger partial charge in [-0.25, -0.2) is 0 Å². The predicted molar refractivity (Wildman–Crippen MR) is 47.2 cm³/mol. The highest BCUT2D eigenvalue weighted by atomic mass is 35.5. The van der Waals surface area contributed by atoms with E-state index in [1.54, 1.807) is 0 Å². The molecule has 1 saturated heterocycles. The van der Waals surface area contributed by atoms with Gasteiger partial charge in [-0.1, -0.05) is 0 Å². The van der Waals surface area contributed by atoms with Crippen molar-refractivity contribution in [3.05, 3.63) is 0 Å². The molecule has 1 spiro atoms. The summed E-state index contributed by atoms with van der Waals surface area (Å²) in [4.78, 5) is 0. The molecule has 0 aromatic heterocycles. The summed E-state index contributed by atoms with van der Waals surface area (Å²) in [5.74, 6) is 0. The molecule has 1 heterocycles. The van der Waals surface area contributed by atoms with Crippen molar-refractivity contribution >= 4 is 12.4 Å². The van der Waals surface area contributed by atoms with Crippen molar-refractivity contribution in [2.24, 2.45) is 5.41 Å². The van der Waals surface area contributed by atoms with Crippen molar-refractivity contribution in [3.63, 3.8) is 0 Å². The Kier molecular flexibility index (Phi) is 2.47. The number of hydrogen-bond donors (Lipinski definition) is 1. The number of ether oxygens (including phenoxy) is 1. The molecular formula is C8H16ClNO. The normalized spacial score (nSPS) is 47.5. The van der Waals surface area contributed by atoms with Crippen LogP contribution in [0.5, 0.6) is 0 Å². The van der Waals surface area contributed by atoms with Gasteiger partial charge in [0, 0.05) is 25.1 Å². The first-order valence-electron chi connectivity index (χ1n) is 4.03. The number of nitrogens with one attached hydrogen (secondary N) is 1. The minimum atomic E-state index is 0. The smallest absolute Gasteiger partial charge is 0.0584 e. The molecule has 3 heteroatoms. The second-order valence-corrected chi connectivity index (χ2v) is 3.73. The molecule has 0 aromatic carbocycles. The maximum absolute atomic E-state index is 5.24. The maximum atomic E-state index is 5.24. The molecule has 11 heavy (non-hydrogen) atoms. The van der Waals surface area contributed by atoms with E-state index in [1.807, 2.05) is 7.11 Å². The molecule has 2 rings (SSSR count). The van der Waals surface area contributed by atoms with Gasteiger partial charge in [0.1, 0.15) is 0 Å². The summed E-state index contributed by atoms with van der Waals surface area (Å²) < 4.78 is 5.24. The Morgan fingerprint density at radius 2 is 2.09 bits per heavy atom. The van der Waals surface area contributed by atoms with Gasteiger partial charge in [-0.3, -0.25) is 0 Å². The first kappa shape index (κ1) is 9.30. The van der Waals surface area contributed by atoms with Crippen LogP contribution in [-0.4, -0.2) is 25.8 Å². The van der Waals surface area contributed by atoms with Crippen LogP contribution in [0.25, 0.3) is 0 Å². The lowest BCUT2D eigenvalue weighted by atomic mass is 9.58. The Bertz CT molecular complexity index is 145. The molecule has 66 valence electrons. The van der Waals surface area contributed by atoms with Crippen LogP contribution in [0.4, 0.5) is 0 Å². The van der Waals surface area contributed by atoms with Gasteiger partial charge >= 0.3 is 0 Å². The molecule has 0 amide bonds. The van der Waals surface area contributed by atoms with E-state index in [0.29, 0.717) is 11.5 Å². The van der Waals surface area contributed by atoms with Gasteiger partial charge in [0.2, 0.25) is 0 Å². The van der Waals surface area contributed by atoms with Gasteiger partial charge in [0.05, 0.1) is 6.10 Å². The first-order chi connectivity index (χ1) is 4.77. The van der Waals surface area contributed by atoms with Crippen LogP contribution in [0.1, 0.15) is 19.8 Å². The van der Waals surface area contributed by atoms with Crippen LogP contribution >= 0.6 is 12.4 Å². The Morgan fingerprint density at radius 3 is 2.36 bits per heavy atom. The topological polar surface area (TPSA) is 21.3 Å². The van der Waals surface area contributed by atoms with Crippen molar-refractivity contribution < 1.29 is 4.74 Å². The zero-order valence-corrected chi connectivity index (χ0v) is 7.91. The van der Waals surface area contributed by atoms with E-state index in [1.165, 1.54) is 19.4 Å². The average molecular weight is 178 g/mol. The van der Waals surface area contributed by atoms with Gasteiger partial charge in [-0.2, -0.15) is 0 Å². The standard InChI is InChI=1S/C8H15NO.ClH/c1-6-8(5-9-6)3-7(4-8)10-2;/h6-7,9H,3-5H2,1-2H3;1H. The van der Waals surface area contributed by atoms with E-state index in [-0.39, 0.29) is 12.4 Å².